The van der Waals surface area contributed by atoms with Gasteiger partial charge in [0, 0.05) is 16.9 Å². The zero-order valence-corrected chi connectivity index (χ0v) is 17.8. The SMILES string of the molecule is O=C(NCCn1ncc2c(=O)n(Cc3ccc(Br)cc3)cnc21)C1CCCCC1. The fourth-order valence-corrected chi connectivity index (χ4v) is 4.12. The van der Waals surface area contributed by atoms with Crippen molar-refractivity contribution < 1.29 is 4.79 Å². The number of carbonyl (C=O) groups excluding carboxylic acids is 1. The van der Waals surface area contributed by atoms with Gasteiger partial charge < -0.3 is 5.32 Å². The number of nitrogens with zero attached hydrogens (tertiary/aromatic N) is 4. The lowest BCUT2D eigenvalue weighted by Crippen LogP contribution is -2.34. The Hall–Kier alpha value is -2.48. The summed E-state index contributed by atoms with van der Waals surface area (Å²) in [5.74, 6) is 0.271. The minimum Gasteiger partial charge on any atom is -0.354 e. The van der Waals surface area contributed by atoms with Crippen molar-refractivity contribution in [2.45, 2.75) is 45.2 Å². The van der Waals surface area contributed by atoms with E-state index in [4.69, 9.17) is 0 Å². The Morgan fingerprint density at radius 1 is 1.17 bits per heavy atom. The normalized spacial score (nSPS) is 14.9. The number of aromatic nitrogens is 4. The van der Waals surface area contributed by atoms with Gasteiger partial charge in [0.2, 0.25) is 5.91 Å². The van der Waals surface area contributed by atoms with Gasteiger partial charge in [-0.1, -0.05) is 47.3 Å². The molecule has 1 N–H and O–H groups in total. The van der Waals surface area contributed by atoms with E-state index in [2.05, 4.69) is 31.3 Å². The van der Waals surface area contributed by atoms with Gasteiger partial charge in [-0.05, 0) is 30.5 Å². The Kier molecular flexibility index (Phi) is 6.08. The molecule has 1 amide bonds. The highest BCUT2D eigenvalue weighted by atomic mass is 79.9. The van der Waals surface area contributed by atoms with Gasteiger partial charge in [-0.15, -0.1) is 0 Å². The Balaban J connectivity index is 1.42. The number of amides is 1. The molecule has 4 rings (SSSR count). The molecule has 1 aliphatic rings. The van der Waals surface area contributed by atoms with E-state index in [9.17, 15) is 9.59 Å². The number of benzene rings is 1. The van der Waals surface area contributed by atoms with E-state index < -0.39 is 0 Å². The molecule has 152 valence electrons. The van der Waals surface area contributed by atoms with Crippen molar-refractivity contribution in [3.05, 3.63) is 57.2 Å². The van der Waals surface area contributed by atoms with Crippen LogP contribution in [-0.2, 0) is 17.9 Å². The number of halogens is 1. The molecule has 7 nitrogen and oxygen atoms in total. The van der Waals surface area contributed by atoms with Gasteiger partial charge in [0.1, 0.15) is 11.7 Å². The molecule has 2 aromatic heterocycles. The summed E-state index contributed by atoms with van der Waals surface area (Å²) >= 11 is 3.41. The molecule has 8 heteroatoms. The lowest BCUT2D eigenvalue weighted by atomic mass is 9.89. The first-order valence-corrected chi connectivity index (χ1v) is 10.8. The third kappa shape index (κ3) is 4.58. The highest BCUT2D eigenvalue weighted by molar-refractivity contribution is 9.10. The topological polar surface area (TPSA) is 81.8 Å². The maximum Gasteiger partial charge on any atom is 0.264 e. The fourth-order valence-electron chi connectivity index (χ4n) is 3.85. The van der Waals surface area contributed by atoms with Gasteiger partial charge in [-0.2, -0.15) is 5.10 Å². The second kappa shape index (κ2) is 8.90. The number of rotatable bonds is 6. The summed E-state index contributed by atoms with van der Waals surface area (Å²) in [5, 5.41) is 7.80. The molecule has 1 saturated carbocycles. The first kappa shape index (κ1) is 19.8. The van der Waals surface area contributed by atoms with E-state index in [0.717, 1.165) is 35.7 Å². The molecule has 0 bridgehead atoms. The van der Waals surface area contributed by atoms with Gasteiger partial charge in [0.05, 0.1) is 19.3 Å². The van der Waals surface area contributed by atoms with E-state index in [1.807, 2.05) is 24.3 Å². The number of hydrogen-bond donors (Lipinski definition) is 1. The lowest BCUT2D eigenvalue weighted by molar-refractivity contribution is -0.125. The molecule has 3 aromatic rings. The first-order valence-electron chi connectivity index (χ1n) is 10.0. The van der Waals surface area contributed by atoms with Crippen molar-refractivity contribution in [1.29, 1.82) is 0 Å². The van der Waals surface area contributed by atoms with Crippen LogP contribution in [0, 0.1) is 5.92 Å². The van der Waals surface area contributed by atoms with Crippen molar-refractivity contribution >= 4 is 32.9 Å². The van der Waals surface area contributed by atoms with E-state index >= 15 is 0 Å². The van der Waals surface area contributed by atoms with Crippen LogP contribution in [0.3, 0.4) is 0 Å². The Labute approximate surface area is 177 Å². The van der Waals surface area contributed by atoms with Crippen molar-refractivity contribution in [3.8, 4) is 0 Å². The fraction of sp³-hybridized carbons (Fsp3) is 0.429. The van der Waals surface area contributed by atoms with Gasteiger partial charge in [0.15, 0.2) is 5.65 Å². The Morgan fingerprint density at radius 3 is 2.69 bits per heavy atom. The van der Waals surface area contributed by atoms with Crippen LogP contribution in [0.1, 0.15) is 37.7 Å². The number of carbonyl (C=O) groups is 1. The minimum absolute atomic E-state index is 0.115. The molecule has 0 aliphatic heterocycles. The highest BCUT2D eigenvalue weighted by Gasteiger charge is 2.20. The predicted octanol–water partition coefficient (Wildman–Crippen LogP) is 3.10. The van der Waals surface area contributed by atoms with E-state index in [1.54, 1.807) is 21.8 Å². The smallest absolute Gasteiger partial charge is 0.264 e. The van der Waals surface area contributed by atoms with Crippen LogP contribution in [0.2, 0.25) is 0 Å². The summed E-state index contributed by atoms with van der Waals surface area (Å²) in [6.07, 6.45) is 8.59. The summed E-state index contributed by atoms with van der Waals surface area (Å²) < 4.78 is 4.27. The molecule has 1 fully saturated rings. The van der Waals surface area contributed by atoms with Gasteiger partial charge >= 0.3 is 0 Å². The number of nitrogens with one attached hydrogen (secondary N) is 1. The summed E-state index contributed by atoms with van der Waals surface area (Å²) in [6.45, 7) is 1.43. The maximum atomic E-state index is 12.8. The number of fused-ring (bicyclic) bond motifs is 1. The molecule has 0 spiro atoms. The van der Waals surface area contributed by atoms with Crippen LogP contribution >= 0.6 is 15.9 Å². The van der Waals surface area contributed by atoms with Crippen molar-refractivity contribution in [2.24, 2.45) is 5.92 Å². The summed E-state index contributed by atoms with van der Waals surface area (Å²) in [6, 6.07) is 7.84. The Morgan fingerprint density at radius 2 is 1.93 bits per heavy atom. The molecule has 2 heterocycles. The molecule has 0 atom stereocenters. The predicted molar refractivity (Wildman–Crippen MR) is 115 cm³/mol. The maximum absolute atomic E-state index is 12.8. The molecule has 1 aliphatic carbocycles. The van der Waals surface area contributed by atoms with Crippen molar-refractivity contribution in [1.82, 2.24) is 24.6 Å². The van der Waals surface area contributed by atoms with Crippen LogP contribution < -0.4 is 10.9 Å². The standard InChI is InChI=1S/C21H24BrN5O2/c22-17-8-6-15(7-9-17)13-26-14-24-19-18(21(26)29)12-25-27(19)11-10-23-20(28)16-4-2-1-3-5-16/h6-9,12,14,16H,1-5,10-11,13H2,(H,23,28). The zero-order valence-electron chi connectivity index (χ0n) is 16.2. The van der Waals surface area contributed by atoms with Crippen LogP contribution in [-0.4, -0.2) is 31.8 Å². The average molecular weight is 458 g/mol. The molecular weight excluding hydrogens is 434 g/mol. The summed E-state index contributed by atoms with van der Waals surface area (Å²) in [5.41, 5.74) is 1.46. The van der Waals surface area contributed by atoms with Crippen LogP contribution in [0.25, 0.3) is 11.0 Å². The van der Waals surface area contributed by atoms with E-state index in [-0.39, 0.29) is 17.4 Å². The number of hydrogen-bond acceptors (Lipinski definition) is 4. The largest absolute Gasteiger partial charge is 0.354 e. The molecule has 29 heavy (non-hydrogen) atoms. The third-order valence-electron chi connectivity index (χ3n) is 5.49. The quantitative estimate of drug-likeness (QED) is 0.616. The third-order valence-corrected chi connectivity index (χ3v) is 6.02. The van der Waals surface area contributed by atoms with Crippen molar-refractivity contribution in [3.63, 3.8) is 0 Å². The second-order valence-corrected chi connectivity index (χ2v) is 8.45. The van der Waals surface area contributed by atoms with Gasteiger partial charge in [-0.25, -0.2) is 9.67 Å². The average Bonchev–Trinajstić information content (AvgIpc) is 3.16. The van der Waals surface area contributed by atoms with Crippen molar-refractivity contribution in [2.75, 3.05) is 6.54 Å². The lowest BCUT2D eigenvalue weighted by Gasteiger charge is -2.20. The highest BCUT2D eigenvalue weighted by Crippen LogP contribution is 2.23. The van der Waals surface area contributed by atoms with Crippen LogP contribution in [0.4, 0.5) is 0 Å². The summed E-state index contributed by atoms with van der Waals surface area (Å²) in [4.78, 5) is 29.5. The van der Waals surface area contributed by atoms with E-state index in [1.165, 1.54) is 6.42 Å². The minimum atomic E-state index is -0.115. The molecule has 1 aromatic carbocycles. The van der Waals surface area contributed by atoms with Gasteiger partial charge in [0.25, 0.3) is 5.56 Å². The van der Waals surface area contributed by atoms with E-state index in [0.29, 0.717) is 30.7 Å². The monoisotopic (exact) mass is 457 g/mol. The molecule has 0 unspecified atom stereocenters. The molecule has 0 radical (unpaired) electrons. The van der Waals surface area contributed by atoms with Crippen LogP contribution in [0.5, 0.6) is 0 Å². The van der Waals surface area contributed by atoms with Crippen LogP contribution in [0.15, 0.2) is 46.1 Å². The summed E-state index contributed by atoms with van der Waals surface area (Å²) in [7, 11) is 0. The molecule has 0 saturated heterocycles. The Bertz CT molecular complexity index is 1050. The molecular formula is C21H24BrN5O2. The second-order valence-electron chi connectivity index (χ2n) is 7.54. The van der Waals surface area contributed by atoms with Gasteiger partial charge in [-0.3, -0.25) is 14.2 Å². The zero-order chi connectivity index (χ0) is 20.2. The first-order chi connectivity index (χ1) is 14.1.